The summed E-state index contributed by atoms with van der Waals surface area (Å²) in [5.74, 6) is -1.76. The normalized spacial score (nSPS) is 19.6. The van der Waals surface area contributed by atoms with Gasteiger partial charge in [0, 0.05) is 6.07 Å². The molecule has 4 nitrogen and oxygen atoms in total. The average Bonchev–Trinajstić information content (AvgIpc) is 2.43. The van der Waals surface area contributed by atoms with Crippen molar-refractivity contribution in [2.24, 2.45) is 0 Å². The molecule has 1 N–H and O–H groups in total. The Morgan fingerprint density at radius 2 is 2.20 bits per heavy atom. The maximum absolute atomic E-state index is 13.4. The van der Waals surface area contributed by atoms with E-state index in [-0.39, 0.29) is 18.3 Å². The average molecular weight is 282 g/mol. The monoisotopic (exact) mass is 282 g/mol. The van der Waals surface area contributed by atoms with Crippen LogP contribution >= 0.6 is 0 Å². The predicted molar refractivity (Wildman–Crippen MR) is 70.3 cm³/mol. The Hall–Kier alpha value is -1.82. The van der Waals surface area contributed by atoms with Crippen LogP contribution in [0.25, 0.3) is 0 Å². The molecule has 0 saturated carbocycles. The summed E-state index contributed by atoms with van der Waals surface area (Å²) in [7, 11) is 0. The van der Waals surface area contributed by atoms with Gasteiger partial charge in [0.05, 0.1) is 18.3 Å². The van der Waals surface area contributed by atoms with Crippen LogP contribution in [0.15, 0.2) is 18.2 Å². The van der Waals surface area contributed by atoms with Gasteiger partial charge in [0.15, 0.2) is 0 Å². The molecule has 2 rings (SSSR count). The molecule has 1 heterocycles. The van der Waals surface area contributed by atoms with Gasteiger partial charge < -0.3 is 10.1 Å². The van der Waals surface area contributed by atoms with Gasteiger partial charge in [-0.15, -0.1) is 0 Å². The van der Waals surface area contributed by atoms with Crippen LogP contribution in [0.4, 0.5) is 14.5 Å². The molecule has 1 aromatic carbocycles. The summed E-state index contributed by atoms with van der Waals surface area (Å²) >= 11 is 0. The maximum atomic E-state index is 13.4. The van der Waals surface area contributed by atoms with Crippen molar-refractivity contribution >= 4 is 17.9 Å². The lowest BCUT2D eigenvalue weighted by atomic mass is 10.0. The van der Waals surface area contributed by atoms with Gasteiger partial charge in [0.1, 0.15) is 17.9 Å². The Labute approximate surface area is 115 Å². The quantitative estimate of drug-likeness (QED) is 0.859. The predicted octanol–water partition coefficient (Wildman–Crippen LogP) is 1.96. The highest BCUT2D eigenvalue weighted by Crippen LogP contribution is 2.17. The number of likely N-dealkylation sites (tertiary alicyclic amines) is 1. The van der Waals surface area contributed by atoms with Crippen molar-refractivity contribution in [2.45, 2.75) is 25.3 Å². The Balaban J connectivity index is 1.98. The maximum Gasteiger partial charge on any atom is 0.238 e. The Kier molecular flexibility index (Phi) is 4.79. The number of hydrogen-bond donors (Lipinski definition) is 1. The van der Waals surface area contributed by atoms with Gasteiger partial charge in [-0.1, -0.05) is 6.42 Å². The van der Waals surface area contributed by atoms with E-state index in [9.17, 15) is 18.4 Å². The largest absolute Gasteiger partial charge is 0.322 e. The molecule has 1 aliphatic heterocycles. The number of aldehydes is 1. The SMILES string of the molecule is O=CC1CCCCN1CC(=O)Nc1cc(F)ccc1F. The van der Waals surface area contributed by atoms with Crippen molar-refractivity contribution < 1.29 is 18.4 Å². The molecule has 1 saturated heterocycles. The van der Waals surface area contributed by atoms with Crippen LogP contribution in [0.5, 0.6) is 0 Å². The van der Waals surface area contributed by atoms with Crippen LogP contribution in [0.3, 0.4) is 0 Å². The fourth-order valence-electron chi connectivity index (χ4n) is 2.33. The fraction of sp³-hybridized carbons (Fsp3) is 0.429. The van der Waals surface area contributed by atoms with E-state index in [0.717, 1.165) is 43.7 Å². The molecular weight excluding hydrogens is 266 g/mol. The highest BCUT2D eigenvalue weighted by molar-refractivity contribution is 5.92. The standard InChI is InChI=1S/C14H16F2N2O2/c15-10-4-5-12(16)13(7-10)17-14(20)8-18-6-2-1-3-11(18)9-19/h4-5,7,9,11H,1-3,6,8H2,(H,17,20). The highest BCUT2D eigenvalue weighted by atomic mass is 19.1. The Bertz CT molecular complexity index is 508. The van der Waals surface area contributed by atoms with E-state index in [4.69, 9.17) is 0 Å². The molecule has 1 amide bonds. The molecule has 20 heavy (non-hydrogen) atoms. The van der Waals surface area contributed by atoms with E-state index in [1.807, 2.05) is 0 Å². The lowest BCUT2D eigenvalue weighted by molar-refractivity contribution is -0.120. The third kappa shape index (κ3) is 3.60. The van der Waals surface area contributed by atoms with E-state index in [1.165, 1.54) is 0 Å². The molecule has 1 aliphatic rings. The lowest BCUT2D eigenvalue weighted by Gasteiger charge is -2.31. The first-order valence-electron chi connectivity index (χ1n) is 6.54. The first-order chi connectivity index (χ1) is 9.60. The summed E-state index contributed by atoms with van der Waals surface area (Å²) in [4.78, 5) is 24.5. The van der Waals surface area contributed by atoms with Gasteiger partial charge in [-0.2, -0.15) is 0 Å². The summed E-state index contributed by atoms with van der Waals surface area (Å²) in [5.41, 5.74) is -0.185. The highest BCUT2D eigenvalue weighted by Gasteiger charge is 2.23. The second-order valence-electron chi connectivity index (χ2n) is 4.84. The third-order valence-electron chi connectivity index (χ3n) is 3.37. The number of carbonyl (C=O) groups excluding carboxylic acids is 2. The minimum absolute atomic E-state index is 0.000635. The molecule has 1 atom stereocenters. The van der Waals surface area contributed by atoms with E-state index in [0.29, 0.717) is 6.54 Å². The summed E-state index contributed by atoms with van der Waals surface area (Å²) in [6.45, 7) is 0.655. The molecule has 0 spiro atoms. The number of piperidine rings is 1. The second-order valence-corrected chi connectivity index (χ2v) is 4.84. The van der Waals surface area contributed by atoms with Crippen molar-refractivity contribution in [1.29, 1.82) is 0 Å². The van der Waals surface area contributed by atoms with Gasteiger partial charge in [0.25, 0.3) is 0 Å². The van der Waals surface area contributed by atoms with Crippen LogP contribution in [0, 0.1) is 11.6 Å². The van der Waals surface area contributed by atoms with E-state index >= 15 is 0 Å². The van der Waals surface area contributed by atoms with Crippen LogP contribution in [0.1, 0.15) is 19.3 Å². The number of amides is 1. The molecule has 0 bridgehead atoms. The van der Waals surface area contributed by atoms with E-state index in [2.05, 4.69) is 5.32 Å². The number of benzene rings is 1. The van der Waals surface area contributed by atoms with Gasteiger partial charge >= 0.3 is 0 Å². The molecule has 1 unspecified atom stereocenters. The van der Waals surface area contributed by atoms with E-state index < -0.39 is 17.5 Å². The van der Waals surface area contributed by atoms with Gasteiger partial charge in [-0.25, -0.2) is 8.78 Å². The summed E-state index contributed by atoms with van der Waals surface area (Å²) < 4.78 is 26.4. The first kappa shape index (κ1) is 14.6. The summed E-state index contributed by atoms with van der Waals surface area (Å²) in [5, 5.41) is 2.33. The summed E-state index contributed by atoms with van der Waals surface area (Å²) in [6.07, 6.45) is 3.44. The van der Waals surface area contributed by atoms with Crippen molar-refractivity contribution in [3.63, 3.8) is 0 Å². The number of hydrogen-bond acceptors (Lipinski definition) is 3. The first-order valence-corrected chi connectivity index (χ1v) is 6.54. The van der Waals surface area contributed by atoms with Crippen LogP contribution in [0.2, 0.25) is 0 Å². The van der Waals surface area contributed by atoms with Gasteiger partial charge in [-0.05, 0) is 31.5 Å². The topological polar surface area (TPSA) is 49.4 Å². The zero-order valence-corrected chi connectivity index (χ0v) is 10.9. The number of nitrogens with zero attached hydrogens (tertiary/aromatic N) is 1. The number of carbonyl (C=O) groups is 2. The molecule has 1 fully saturated rings. The molecule has 0 aromatic heterocycles. The molecule has 0 radical (unpaired) electrons. The molecular formula is C14H16F2N2O2. The van der Waals surface area contributed by atoms with Gasteiger partial charge in [-0.3, -0.25) is 9.69 Å². The summed E-state index contributed by atoms with van der Waals surface area (Å²) in [6, 6.07) is 2.60. The minimum Gasteiger partial charge on any atom is -0.322 e. The van der Waals surface area contributed by atoms with Crippen LogP contribution in [-0.4, -0.2) is 36.2 Å². The minimum atomic E-state index is -0.690. The molecule has 108 valence electrons. The molecule has 1 aromatic rings. The number of anilines is 1. The third-order valence-corrected chi connectivity index (χ3v) is 3.37. The van der Waals surface area contributed by atoms with Crippen molar-refractivity contribution in [3.05, 3.63) is 29.8 Å². The van der Waals surface area contributed by atoms with Crippen LogP contribution < -0.4 is 5.32 Å². The van der Waals surface area contributed by atoms with Crippen LogP contribution in [-0.2, 0) is 9.59 Å². The zero-order chi connectivity index (χ0) is 14.5. The van der Waals surface area contributed by atoms with Crippen molar-refractivity contribution in [2.75, 3.05) is 18.4 Å². The van der Waals surface area contributed by atoms with Gasteiger partial charge in [0.2, 0.25) is 5.91 Å². The fourth-order valence-corrected chi connectivity index (χ4v) is 2.33. The number of halogens is 2. The van der Waals surface area contributed by atoms with Crippen molar-refractivity contribution in [1.82, 2.24) is 4.90 Å². The molecule has 6 heteroatoms. The van der Waals surface area contributed by atoms with E-state index in [1.54, 1.807) is 4.90 Å². The van der Waals surface area contributed by atoms with Crippen molar-refractivity contribution in [3.8, 4) is 0 Å². The lowest BCUT2D eigenvalue weighted by Crippen LogP contribution is -2.44. The molecule has 0 aliphatic carbocycles. The second kappa shape index (κ2) is 6.56. The Morgan fingerprint density at radius 3 is 2.95 bits per heavy atom. The zero-order valence-electron chi connectivity index (χ0n) is 10.9. The Morgan fingerprint density at radius 1 is 1.40 bits per heavy atom. The number of nitrogens with one attached hydrogen (secondary N) is 1. The smallest absolute Gasteiger partial charge is 0.238 e. The number of rotatable bonds is 4.